The van der Waals surface area contributed by atoms with E-state index in [2.05, 4.69) is 70.1 Å². The minimum atomic E-state index is -1.12. The minimum absolute atomic E-state index is 0.127. The Balaban J connectivity index is 1.87. The first-order chi connectivity index (χ1) is 13.8. The second kappa shape index (κ2) is 8.39. The Bertz CT molecular complexity index is 875. The molecule has 3 rings (SSSR count). The van der Waals surface area contributed by atoms with Crippen LogP contribution in [-0.2, 0) is 25.5 Å². The molecule has 1 fully saturated rings. The van der Waals surface area contributed by atoms with Crippen LogP contribution in [0.4, 0.5) is 0 Å². The van der Waals surface area contributed by atoms with E-state index in [4.69, 9.17) is 23.8 Å². The summed E-state index contributed by atoms with van der Waals surface area (Å²) in [6.45, 7) is 18.6. The highest BCUT2D eigenvalue weighted by Crippen LogP contribution is 2.36. The zero-order valence-electron chi connectivity index (χ0n) is 20.0. The van der Waals surface area contributed by atoms with Gasteiger partial charge in [-0.05, 0) is 58.3 Å². The van der Waals surface area contributed by atoms with Gasteiger partial charge in [-0.25, -0.2) is 4.98 Å². The van der Waals surface area contributed by atoms with E-state index in [0.717, 1.165) is 35.0 Å². The van der Waals surface area contributed by atoms with Crippen LogP contribution in [0.3, 0.4) is 0 Å². The van der Waals surface area contributed by atoms with Crippen molar-refractivity contribution in [3.63, 3.8) is 0 Å². The fourth-order valence-electron chi connectivity index (χ4n) is 3.38. The van der Waals surface area contributed by atoms with Gasteiger partial charge in [-0.2, -0.15) is 0 Å². The summed E-state index contributed by atoms with van der Waals surface area (Å²) >= 11 is 0. The molecule has 1 aliphatic heterocycles. The number of ether oxygens (including phenoxy) is 2. The highest BCUT2D eigenvalue weighted by atomic mass is 28.3. The van der Waals surface area contributed by atoms with Crippen molar-refractivity contribution in [3.8, 4) is 0 Å². The number of hydrogen-bond donors (Lipinski definition) is 0. The average molecular weight is 432 g/mol. The molecular weight excluding hydrogens is 395 g/mol. The summed E-state index contributed by atoms with van der Waals surface area (Å²) in [5.74, 6) is 0.867. The van der Waals surface area contributed by atoms with Gasteiger partial charge in [-0.1, -0.05) is 25.7 Å². The highest BCUT2D eigenvalue weighted by molar-refractivity contribution is 6.76. The van der Waals surface area contributed by atoms with Crippen LogP contribution >= 0.6 is 0 Å². The minimum Gasteiger partial charge on any atom is -0.399 e. The van der Waals surface area contributed by atoms with Gasteiger partial charge in [0, 0.05) is 21.8 Å². The number of aromatic nitrogens is 2. The van der Waals surface area contributed by atoms with Crippen molar-refractivity contribution >= 4 is 31.7 Å². The molecule has 1 aliphatic rings. The lowest BCUT2D eigenvalue weighted by Gasteiger charge is -2.32. The first-order valence-electron chi connectivity index (χ1n) is 10.8. The van der Waals surface area contributed by atoms with Crippen LogP contribution in [0.25, 0.3) is 11.0 Å². The number of rotatable bonds is 8. The van der Waals surface area contributed by atoms with E-state index >= 15 is 0 Å². The third kappa shape index (κ3) is 4.83. The Morgan fingerprint density at radius 1 is 1.13 bits per heavy atom. The van der Waals surface area contributed by atoms with Crippen LogP contribution in [0.2, 0.25) is 25.7 Å². The summed E-state index contributed by atoms with van der Waals surface area (Å²) in [6, 6.07) is 7.34. The average Bonchev–Trinajstić information content (AvgIpc) is 3.10. The van der Waals surface area contributed by atoms with Crippen molar-refractivity contribution in [2.45, 2.75) is 84.3 Å². The zero-order valence-corrected chi connectivity index (χ0v) is 21.0. The highest BCUT2D eigenvalue weighted by Gasteiger charge is 2.51. The van der Waals surface area contributed by atoms with E-state index in [1.54, 1.807) is 7.11 Å². The van der Waals surface area contributed by atoms with Gasteiger partial charge >= 0.3 is 7.12 Å². The first kappa shape index (κ1) is 23.5. The second-order valence-corrected chi connectivity index (χ2v) is 16.1. The van der Waals surface area contributed by atoms with Crippen molar-refractivity contribution in [2.75, 3.05) is 13.7 Å². The molecule has 1 aromatic heterocycles. The van der Waals surface area contributed by atoms with Crippen molar-refractivity contribution in [2.24, 2.45) is 0 Å². The molecule has 0 saturated carbocycles. The number of fused-ring (bicyclic) bond motifs is 1. The molecule has 30 heavy (non-hydrogen) atoms. The lowest BCUT2D eigenvalue weighted by Crippen LogP contribution is -2.41. The van der Waals surface area contributed by atoms with E-state index in [9.17, 15) is 0 Å². The maximum atomic E-state index is 6.21. The number of imidazole rings is 1. The van der Waals surface area contributed by atoms with Crippen molar-refractivity contribution in [3.05, 3.63) is 24.0 Å². The van der Waals surface area contributed by atoms with Gasteiger partial charge in [-0.15, -0.1) is 0 Å². The third-order valence-corrected chi connectivity index (χ3v) is 7.97. The molecule has 166 valence electrons. The van der Waals surface area contributed by atoms with Gasteiger partial charge in [0.05, 0.1) is 22.2 Å². The largest absolute Gasteiger partial charge is 0.494 e. The predicted octanol–water partition coefficient (Wildman–Crippen LogP) is 4.36. The molecule has 1 atom stereocenters. The summed E-state index contributed by atoms with van der Waals surface area (Å²) in [5.41, 5.74) is 2.16. The molecule has 0 aliphatic carbocycles. The maximum Gasteiger partial charge on any atom is 0.494 e. The Labute approximate surface area is 182 Å². The van der Waals surface area contributed by atoms with Gasteiger partial charge in [0.15, 0.2) is 0 Å². The van der Waals surface area contributed by atoms with Crippen LogP contribution in [0, 0.1) is 0 Å². The molecule has 8 heteroatoms. The van der Waals surface area contributed by atoms with Crippen LogP contribution in [-0.4, -0.2) is 49.7 Å². The van der Waals surface area contributed by atoms with E-state index in [0.29, 0.717) is 6.73 Å². The summed E-state index contributed by atoms with van der Waals surface area (Å²) in [7, 11) is 0.179. The van der Waals surface area contributed by atoms with E-state index < -0.39 is 15.2 Å². The van der Waals surface area contributed by atoms with Crippen LogP contribution in [0.15, 0.2) is 18.2 Å². The van der Waals surface area contributed by atoms with Gasteiger partial charge in [0.2, 0.25) is 0 Å². The third-order valence-electron chi connectivity index (χ3n) is 6.26. The normalized spacial score (nSPS) is 19.6. The summed E-state index contributed by atoms with van der Waals surface area (Å²) in [6.07, 6.45) is -0.127. The van der Waals surface area contributed by atoms with Gasteiger partial charge in [0.1, 0.15) is 18.7 Å². The maximum absolute atomic E-state index is 6.21. The molecule has 0 unspecified atom stereocenters. The molecule has 2 aromatic rings. The lowest BCUT2D eigenvalue weighted by molar-refractivity contribution is 0.00578. The molecular formula is C22H37BN2O4Si. The molecule has 2 heterocycles. The molecule has 0 radical (unpaired) electrons. The molecule has 0 N–H and O–H groups in total. The van der Waals surface area contributed by atoms with E-state index in [1.807, 2.05) is 6.92 Å². The summed E-state index contributed by atoms with van der Waals surface area (Å²) < 4.78 is 26.1. The van der Waals surface area contributed by atoms with Crippen LogP contribution < -0.4 is 5.46 Å². The van der Waals surface area contributed by atoms with Crippen molar-refractivity contribution in [1.82, 2.24) is 9.55 Å². The monoisotopic (exact) mass is 432 g/mol. The first-order valence-corrected chi connectivity index (χ1v) is 14.5. The van der Waals surface area contributed by atoms with Gasteiger partial charge in [0.25, 0.3) is 0 Å². The summed E-state index contributed by atoms with van der Waals surface area (Å²) in [4.78, 5) is 4.87. The van der Waals surface area contributed by atoms with E-state index in [-0.39, 0.29) is 17.3 Å². The molecule has 0 amide bonds. The van der Waals surface area contributed by atoms with Crippen LogP contribution in [0.5, 0.6) is 0 Å². The number of methoxy groups -OCH3 is 1. The Morgan fingerprint density at radius 2 is 1.77 bits per heavy atom. The molecule has 0 spiro atoms. The molecule has 1 saturated heterocycles. The fraction of sp³-hybridized carbons (Fsp3) is 0.682. The van der Waals surface area contributed by atoms with Gasteiger partial charge in [-0.3, -0.25) is 0 Å². The molecule has 1 aromatic carbocycles. The second-order valence-electron chi connectivity index (χ2n) is 10.5. The van der Waals surface area contributed by atoms with Crippen LogP contribution in [0.1, 0.15) is 46.5 Å². The molecule has 0 bridgehead atoms. The Hall–Kier alpha value is -1.19. The number of nitrogens with zero attached hydrogens (tertiary/aromatic N) is 2. The Kier molecular flexibility index (Phi) is 6.57. The topological polar surface area (TPSA) is 54.7 Å². The van der Waals surface area contributed by atoms with Gasteiger partial charge < -0.3 is 23.3 Å². The number of benzene rings is 1. The predicted molar refractivity (Wildman–Crippen MR) is 125 cm³/mol. The SMILES string of the molecule is CO[C@H](C)c1nc2cc(B3OC(C)(C)C(C)(C)O3)ccc2n1COCC[Si](C)(C)C. The summed E-state index contributed by atoms with van der Waals surface area (Å²) in [5, 5.41) is 0. The lowest BCUT2D eigenvalue weighted by atomic mass is 9.79. The van der Waals surface area contributed by atoms with E-state index in [1.165, 1.54) is 0 Å². The standard InChI is InChI=1S/C22H37BN2O4Si/c1-16(26-6)20-24-18-14-17(23-28-21(2,3)22(4,5)29-23)10-11-19(18)25(20)15-27-12-13-30(7,8)9/h10-11,14,16H,12-13,15H2,1-9H3/t16-/m1/s1. The zero-order chi connectivity index (χ0) is 22.3. The fourth-order valence-corrected chi connectivity index (χ4v) is 4.13. The van der Waals surface area contributed by atoms with Crippen molar-refractivity contribution in [1.29, 1.82) is 0 Å². The van der Waals surface area contributed by atoms with Crippen molar-refractivity contribution < 1.29 is 18.8 Å². The Morgan fingerprint density at radius 3 is 2.33 bits per heavy atom. The number of hydrogen-bond acceptors (Lipinski definition) is 5. The molecule has 6 nitrogen and oxygen atoms in total. The quantitative estimate of drug-likeness (QED) is 0.459. The smallest absolute Gasteiger partial charge is 0.399 e.